The van der Waals surface area contributed by atoms with E-state index in [-0.39, 0.29) is 11.0 Å². The van der Waals surface area contributed by atoms with E-state index in [9.17, 15) is 5.11 Å². The van der Waals surface area contributed by atoms with Gasteiger partial charge in [0.25, 0.3) is 0 Å². The zero-order valence-electron chi connectivity index (χ0n) is 16.5. The molecule has 2 atom stereocenters. The first kappa shape index (κ1) is 20.2. The molecule has 0 aliphatic rings. The van der Waals surface area contributed by atoms with Crippen molar-refractivity contribution < 1.29 is 5.11 Å². The first-order valence-electron chi connectivity index (χ1n) is 9.20. The predicted molar refractivity (Wildman–Crippen MR) is 115 cm³/mol. The number of hydrogen-bond acceptors (Lipinski definition) is 1. The first-order chi connectivity index (χ1) is 12.2. The van der Waals surface area contributed by atoms with Crippen LogP contribution in [0.15, 0.2) is 72.8 Å². The topological polar surface area (TPSA) is 20.2 Å². The lowest BCUT2D eigenvalue weighted by atomic mass is 9.89. The molecule has 2 rings (SSSR count). The first-order valence-corrected chi connectivity index (χ1v) is 12.2. The SMILES string of the molecule is CC(C)(C)[Si](C)(C)C#C/C=C/[C@H](c1ccccc1)[C@H](O)c1ccccc1. The highest BCUT2D eigenvalue weighted by molar-refractivity contribution is 6.87. The molecular formula is C24H30OSi. The van der Waals surface area contributed by atoms with Crippen molar-refractivity contribution in [2.75, 3.05) is 0 Å². The predicted octanol–water partition coefficient (Wildman–Crippen LogP) is 6.11. The standard InChI is InChI=1S/C24H30OSi/c1-24(2,3)26(4,5)19-13-12-18-22(20-14-8-6-9-15-20)23(25)21-16-10-7-11-17-21/h6-12,14-18,22-23,25H,1-5H3/b18-12+/t22-,23-/m1/s1. The Balaban J connectivity index is 2.29. The van der Waals surface area contributed by atoms with Gasteiger partial charge in [-0.2, -0.15) is 0 Å². The number of benzene rings is 2. The maximum Gasteiger partial charge on any atom is 0.138 e. The van der Waals surface area contributed by atoms with Crippen LogP contribution in [0.3, 0.4) is 0 Å². The second-order valence-corrected chi connectivity index (χ2v) is 13.3. The average molecular weight is 363 g/mol. The fourth-order valence-corrected chi connectivity index (χ4v) is 3.31. The molecule has 1 N–H and O–H groups in total. The highest BCUT2D eigenvalue weighted by Gasteiger charge is 2.33. The second kappa shape index (κ2) is 8.53. The quantitative estimate of drug-likeness (QED) is 0.514. The van der Waals surface area contributed by atoms with Gasteiger partial charge in [0, 0.05) is 5.92 Å². The molecule has 2 aromatic rings. The molecule has 0 heterocycles. The molecule has 0 saturated carbocycles. The summed E-state index contributed by atoms with van der Waals surface area (Å²) in [6.45, 7) is 11.4. The van der Waals surface area contributed by atoms with Crippen LogP contribution in [-0.4, -0.2) is 13.2 Å². The maximum absolute atomic E-state index is 10.9. The number of allylic oxidation sites excluding steroid dienone is 1. The third-order valence-electron chi connectivity index (χ3n) is 5.31. The fraction of sp³-hybridized carbons (Fsp3) is 0.333. The number of aliphatic hydroxyl groups excluding tert-OH is 1. The Kier molecular flexibility index (Phi) is 6.64. The van der Waals surface area contributed by atoms with Crippen molar-refractivity contribution in [1.29, 1.82) is 0 Å². The van der Waals surface area contributed by atoms with E-state index in [0.717, 1.165) is 11.1 Å². The van der Waals surface area contributed by atoms with Crippen LogP contribution >= 0.6 is 0 Å². The molecule has 0 spiro atoms. The molecule has 0 aliphatic carbocycles. The minimum absolute atomic E-state index is 0.118. The van der Waals surface area contributed by atoms with Crippen molar-refractivity contribution in [3.8, 4) is 11.5 Å². The average Bonchev–Trinajstić information content (AvgIpc) is 2.62. The Labute approximate surface area is 159 Å². The molecule has 26 heavy (non-hydrogen) atoms. The van der Waals surface area contributed by atoms with Crippen molar-refractivity contribution in [2.24, 2.45) is 0 Å². The zero-order chi connectivity index (χ0) is 19.2. The molecule has 2 heteroatoms. The summed E-state index contributed by atoms with van der Waals surface area (Å²) >= 11 is 0. The van der Waals surface area contributed by atoms with Crippen molar-refractivity contribution in [2.45, 2.75) is 50.9 Å². The van der Waals surface area contributed by atoms with Gasteiger partial charge in [-0.3, -0.25) is 0 Å². The molecule has 0 fully saturated rings. The maximum atomic E-state index is 10.9. The number of rotatable bonds is 4. The van der Waals surface area contributed by atoms with E-state index in [1.165, 1.54) is 0 Å². The summed E-state index contributed by atoms with van der Waals surface area (Å²) in [6, 6.07) is 20.0. The summed E-state index contributed by atoms with van der Waals surface area (Å²) in [6.07, 6.45) is 3.36. The second-order valence-electron chi connectivity index (χ2n) is 8.30. The molecule has 0 bridgehead atoms. The van der Waals surface area contributed by atoms with Gasteiger partial charge in [0.2, 0.25) is 0 Å². The molecule has 1 nitrogen and oxygen atoms in total. The smallest absolute Gasteiger partial charge is 0.138 e. The van der Waals surface area contributed by atoms with Gasteiger partial charge in [0.05, 0.1) is 6.10 Å². The highest BCUT2D eigenvalue weighted by atomic mass is 28.3. The highest BCUT2D eigenvalue weighted by Crippen LogP contribution is 2.35. The Hall–Kier alpha value is -2.08. The van der Waals surface area contributed by atoms with Crippen LogP contribution in [0.1, 0.15) is 43.9 Å². The molecule has 0 unspecified atom stereocenters. The van der Waals surface area contributed by atoms with Crippen LogP contribution in [0.25, 0.3) is 0 Å². The molecular weight excluding hydrogens is 332 g/mol. The Morgan fingerprint density at radius 3 is 1.88 bits per heavy atom. The lowest BCUT2D eigenvalue weighted by Crippen LogP contribution is -2.35. The van der Waals surface area contributed by atoms with Gasteiger partial charge < -0.3 is 5.11 Å². The monoisotopic (exact) mass is 362 g/mol. The van der Waals surface area contributed by atoms with E-state index in [2.05, 4.69) is 57.5 Å². The van der Waals surface area contributed by atoms with Crippen molar-refractivity contribution >= 4 is 8.07 Å². The summed E-state index contributed by atoms with van der Waals surface area (Å²) in [7, 11) is -1.62. The lowest BCUT2D eigenvalue weighted by molar-refractivity contribution is 0.162. The minimum Gasteiger partial charge on any atom is -0.387 e. The van der Waals surface area contributed by atoms with Gasteiger partial charge in [-0.05, 0) is 22.2 Å². The van der Waals surface area contributed by atoms with Gasteiger partial charge in [-0.25, -0.2) is 0 Å². The Morgan fingerprint density at radius 1 is 0.885 bits per heavy atom. The van der Waals surface area contributed by atoms with E-state index in [0.29, 0.717) is 0 Å². The third kappa shape index (κ3) is 5.21. The van der Waals surface area contributed by atoms with Crippen LogP contribution in [0.4, 0.5) is 0 Å². The van der Waals surface area contributed by atoms with Crippen LogP contribution in [-0.2, 0) is 0 Å². The summed E-state index contributed by atoms with van der Waals surface area (Å²) in [4.78, 5) is 0. The Morgan fingerprint density at radius 2 is 1.38 bits per heavy atom. The normalized spacial score (nSPS) is 14.5. The number of aliphatic hydroxyl groups is 1. The van der Waals surface area contributed by atoms with E-state index in [1.54, 1.807) is 0 Å². The lowest BCUT2D eigenvalue weighted by Gasteiger charge is -2.31. The van der Waals surface area contributed by atoms with Crippen molar-refractivity contribution in [3.05, 3.63) is 83.9 Å². The summed E-state index contributed by atoms with van der Waals surface area (Å²) in [5, 5.41) is 11.2. The van der Waals surface area contributed by atoms with Crippen molar-refractivity contribution in [3.63, 3.8) is 0 Å². The van der Waals surface area contributed by atoms with Crippen LogP contribution in [0.5, 0.6) is 0 Å². The third-order valence-corrected chi connectivity index (χ3v) is 9.83. The van der Waals surface area contributed by atoms with Crippen LogP contribution in [0.2, 0.25) is 18.1 Å². The molecule has 0 amide bonds. The van der Waals surface area contributed by atoms with Crippen molar-refractivity contribution in [1.82, 2.24) is 0 Å². The van der Waals surface area contributed by atoms with Gasteiger partial charge in [0.1, 0.15) is 8.07 Å². The molecule has 2 aromatic carbocycles. The van der Waals surface area contributed by atoms with Gasteiger partial charge in [0.15, 0.2) is 0 Å². The zero-order valence-corrected chi connectivity index (χ0v) is 17.5. The Bertz CT molecular complexity index is 774. The van der Waals surface area contributed by atoms with Gasteiger partial charge in [-0.15, -0.1) is 5.54 Å². The molecule has 0 aromatic heterocycles. The van der Waals surface area contributed by atoms with E-state index >= 15 is 0 Å². The summed E-state index contributed by atoms with van der Waals surface area (Å²) < 4.78 is 0. The fourth-order valence-electron chi connectivity index (χ4n) is 2.49. The van der Waals surface area contributed by atoms with Gasteiger partial charge in [-0.1, -0.05) is 107 Å². The van der Waals surface area contributed by atoms with Crippen LogP contribution in [0, 0.1) is 11.5 Å². The molecule has 0 saturated heterocycles. The van der Waals surface area contributed by atoms with E-state index in [4.69, 9.17) is 0 Å². The molecule has 136 valence electrons. The largest absolute Gasteiger partial charge is 0.387 e. The van der Waals surface area contributed by atoms with E-state index < -0.39 is 14.2 Å². The van der Waals surface area contributed by atoms with E-state index in [1.807, 2.05) is 60.7 Å². The number of hydrogen-bond donors (Lipinski definition) is 1. The minimum atomic E-state index is -1.62. The molecule has 0 aliphatic heterocycles. The molecule has 0 radical (unpaired) electrons. The summed E-state index contributed by atoms with van der Waals surface area (Å²) in [5.74, 6) is 3.14. The van der Waals surface area contributed by atoms with Crippen LogP contribution < -0.4 is 0 Å². The summed E-state index contributed by atoms with van der Waals surface area (Å²) in [5.41, 5.74) is 5.52. The van der Waals surface area contributed by atoms with Gasteiger partial charge >= 0.3 is 0 Å².